The Labute approximate surface area is 255 Å². The summed E-state index contributed by atoms with van der Waals surface area (Å²) in [5, 5.41) is 13.2. The van der Waals surface area contributed by atoms with Crippen molar-refractivity contribution < 1.29 is 23.8 Å². The zero-order valence-electron chi connectivity index (χ0n) is 22.9. The maximum Gasteiger partial charge on any atom is 0.329 e. The molecule has 0 unspecified atom stereocenters. The van der Waals surface area contributed by atoms with Crippen molar-refractivity contribution >= 4 is 47.5 Å². The summed E-state index contributed by atoms with van der Waals surface area (Å²) in [6.07, 6.45) is 3.80. The van der Waals surface area contributed by atoms with Gasteiger partial charge in [-0.15, -0.1) is 12.4 Å². The number of carboxylic acids is 1. The van der Waals surface area contributed by atoms with E-state index in [1.807, 2.05) is 19.0 Å². The van der Waals surface area contributed by atoms with Gasteiger partial charge >= 0.3 is 5.97 Å². The number of halogens is 4. The summed E-state index contributed by atoms with van der Waals surface area (Å²) in [7, 11) is 3.95. The first-order valence-electron chi connectivity index (χ1n) is 13.2. The minimum atomic E-state index is -1.35. The van der Waals surface area contributed by atoms with Gasteiger partial charge in [0.15, 0.2) is 0 Å². The van der Waals surface area contributed by atoms with Gasteiger partial charge in [-0.1, -0.05) is 54.6 Å². The Morgan fingerprint density at radius 3 is 2.46 bits per heavy atom. The molecule has 41 heavy (non-hydrogen) atoms. The number of carbonyl (C=O) groups excluding carboxylic acids is 1. The lowest BCUT2D eigenvalue weighted by Crippen LogP contribution is -2.55. The second kappa shape index (κ2) is 14.3. The number of nitrogens with zero attached hydrogens (tertiary/aromatic N) is 2. The van der Waals surface area contributed by atoms with Gasteiger partial charge in [0, 0.05) is 23.2 Å². The average molecular weight is 625 g/mol. The van der Waals surface area contributed by atoms with Gasteiger partial charge in [0.2, 0.25) is 0 Å². The third-order valence-corrected chi connectivity index (χ3v) is 7.67. The number of carboxylic acid groups (broad SMARTS) is 1. The maximum absolute atomic E-state index is 15.0. The molecule has 2 aromatic carbocycles. The lowest BCUT2D eigenvalue weighted by atomic mass is 9.81. The molecule has 220 valence electrons. The van der Waals surface area contributed by atoms with Crippen molar-refractivity contribution in [2.24, 2.45) is 0 Å². The molecule has 1 heterocycles. The Balaban J connectivity index is 0.00000462. The third-order valence-electron chi connectivity index (χ3n) is 7.04. The highest BCUT2D eigenvalue weighted by atomic mass is 35.5. The molecule has 2 N–H and O–H groups in total. The van der Waals surface area contributed by atoms with Crippen LogP contribution in [0.1, 0.15) is 49.0 Å². The molecular formula is C30H33Cl3FN3O4. The van der Waals surface area contributed by atoms with Crippen LogP contribution in [-0.4, -0.2) is 59.7 Å². The van der Waals surface area contributed by atoms with Gasteiger partial charge in [-0.2, -0.15) is 0 Å². The topological polar surface area (TPSA) is 91.8 Å². The zero-order valence-corrected chi connectivity index (χ0v) is 25.2. The molecule has 1 aliphatic rings. The number of aliphatic carboxylic acids is 1. The van der Waals surface area contributed by atoms with Crippen LogP contribution in [0, 0.1) is 5.82 Å². The van der Waals surface area contributed by atoms with Crippen molar-refractivity contribution in [3.63, 3.8) is 0 Å². The van der Waals surface area contributed by atoms with E-state index < -0.39 is 23.2 Å². The Morgan fingerprint density at radius 1 is 1.07 bits per heavy atom. The second-order valence-electron chi connectivity index (χ2n) is 10.2. The molecule has 4 rings (SSSR count). The molecule has 1 aromatic heterocycles. The van der Waals surface area contributed by atoms with E-state index in [1.54, 1.807) is 30.3 Å². The molecule has 0 bridgehead atoms. The van der Waals surface area contributed by atoms with Crippen molar-refractivity contribution in [2.75, 3.05) is 27.2 Å². The van der Waals surface area contributed by atoms with E-state index in [0.29, 0.717) is 54.2 Å². The molecule has 0 aliphatic heterocycles. The van der Waals surface area contributed by atoms with E-state index in [4.69, 9.17) is 27.9 Å². The molecule has 1 saturated carbocycles. The maximum atomic E-state index is 15.0. The minimum absolute atomic E-state index is 0. The van der Waals surface area contributed by atoms with Gasteiger partial charge < -0.3 is 20.1 Å². The molecule has 0 atom stereocenters. The second-order valence-corrected chi connectivity index (χ2v) is 11.1. The highest BCUT2D eigenvalue weighted by Crippen LogP contribution is 2.39. The third kappa shape index (κ3) is 7.68. The molecule has 1 amide bonds. The smallest absolute Gasteiger partial charge is 0.329 e. The van der Waals surface area contributed by atoms with E-state index in [2.05, 4.69) is 10.3 Å². The number of ether oxygens (including phenoxy) is 1. The summed E-state index contributed by atoms with van der Waals surface area (Å²) < 4.78 is 21.0. The van der Waals surface area contributed by atoms with Crippen LogP contribution in [0.3, 0.4) is 0 Å². The number of nitrogens with one attached hydrogen (secondary N) is 1. The van der Waals surface area contributed by atoms with Crippen LogP contribution in [0.5, 0.6) is 5.75 Å². The van der Waals surface area contributed by atoms with Crippen LogP contribution in [-0.2, 0) is 4.79 Å². The number of amides is 1. The molecule has 3 aromatic rings. The van der Waals surface area contributed by atoms with E-state index in [0.717, 1.165) is 19.4 Å². The van der Waals surface area contributed by atoms with Crippen LogP contribution >= 0.6 is 35.6 Å². The number of benzene rings is 2. The van der Waals surface area contributed by atoms with Crippen LogP contribution in [0.25, 0.3) is 22.4 Å². The van der Waals surface area contributed by atoms with E-state index in [9.17, 15) is 14.7 Å². The summed E-state index contributed by atoms with van der Waals surface area (Å²) >= 11 is 12.8. The predicted molar refractivity (Wildman–Crippen MR) is 162 cm³/mol. The van der Waals surface area contributed by atoms with Gasteiger partial charge in [-0.25, -0.2) is 14.2 Å². The zero-order chi connectivity index (χ0) is 28.9. The van der Waals surface area contributed by atoms with Gasteiger partial charge in [-0.05, 0) is 69.8 Å². The normalized spacial score (nSPS) is 14.3. The van der Waals surface area contributed by atoms with Crippen LogP contribution in [0.15, 0.2) is 48.5 Å². The van der Waals surface area contributed by atoms with Crippen LogP contribution in [0.2, 0.25) is 10.0 Å². The summed E-state index contributed by atoms with van der Waals surface area (Å²) in [5.41, 5.74) is -0.0363. The summed E-state index contributed by atoms with van der Waals surface area (Å²) in [6.45, 7) is 1.27. The fraction of sp³-hybridized carbons (Fsp3) is 0.367. The first kappa shape index (κ1) is 32.6. The standard InChI is InChI=1S/C30H32Cl2FN3O4.ClH/c1-36(2)16-7-17-40-25-18-19(10-12-21(25)31)27-20(26-22(32)8-6-9-23(26)33)11-13-24(34-27)28(37)35-30(29(38)39)14-4-3-5-15-30;/h6,8-13,18H,3-5,7,14-17H2,1-2H3,(H,35,37)(H,38,39);1H. The first-order valence-corrected chi connectivity index (χ1v) is 14.0. The molecule has 0 radical (unpaired) electrons. The summed E-state index contributed by atoms with van der Waals surface area (Å²) in [4.78, 5) is 32.2. The average Bonchev–Trinajstić information content (AvgIpc) is 2.92. The molecule has 0 spiro atoms. The minimum Gasteiger partial charge on any atom is -0.492 e. The first-order chi connectivity index (χ1) is 19.1. The Hall–Kier alpha value is -2.91. The van der Waals surface area contributed by atoms with Crippen molar-refractivity contribution in [2.45, 2.75) is 44.1 Å². The number of rotatable bonds is 10. The molecular weight excluding hydrogens is 592 g/mol. The van der Waals surface area contributed by atoms with Crippen molar-refractivity contribution in [3.8, 4) is 28.1 Å². The number of pyridine rings is 1. The number of aromatic nitrogens is 1. The lowest BCUT2D eigenvalue weighted by molar-refractivity contribution is -0.145. The molecule has 1 fully saturated rings. The van der Waals surface area contributed by atoms with Gasteiger partial charge in [0.1, 0.15) is 22.8 Å². The SMILES string of the molecule is CN(C)CCCOc1cc(-c2nc(C(=O)NC3(C(=O)O)CCCCC3)ccc2-c2c(F)cccc2Cl)ccc1Cl.Cl. The van der Waals surface area contributed by atoms with Crippen LogP contribution in [0.4, 0.5) is 4.39 Å². The Bertz CT molecular complexity index is 1380. The predicted octanol–water partition coefficient (Wildman–Crippen LogP) is 7.13. The fourth-order valence-electron chi connectivity index (χ4n) is 4.92. The number of hydrogen-bond acceptors (Lipinski definition) is 5. The van der Waals surface area contributed by atoms with Crippen LogP contribution < -0.4 is 10.1 Å². The highest BCUT2D eigenvalue weighted by molar-refractivity contribution is 6.33. The summed E-state index contributed by atoms with van der Waals surface area (Å²) in [5.74, 6) is -1.81. The van der Waals surface area contributed by atoms with Gasteiger partial charge in [0.05, 0.1) is 22.3 Å². The van der Waals surface area contributed by atoms with E-state index >= 15 is 4.39 Å². The summed E-state index contributed by atoms with van der Waals surface area (Å²) in [6, 6.07) is 12.5. The molecule has 0 saturated heterocycles. The highest BCUT2D eigenvalue weighted by Gasteiger charge is 2.41. The monoisotopic (exact) mass is 623 g/mol. The van der Waals surface area contributed by atoms with E-state index in [-0.39, 0.29) is 34.4 Å². The number of hydrogen-bond donors (Lipinski definition) is 2. The molecule has 7 nitrogen and oxygen atoms in total. The number of carbonyl (C=O) groups is 2. The fourth-order valence-corrected chi connectivity index (χ4v) is 5.35. The van der Waals surface area contributed by atoms with Gasteiger partial charge in [-0.3, -0.25) is 4.79 Å². The van der Waals surface area contributed by atoms with Crippen molar-refractivity contribution in [3.05, 3.63) is 70.1 Å². The quantitative estimate of drug-likeness (QED) is 0.233. The van der Waals surface area contributed by atoms with Crippen molar-refractivity contribution in [1.82, 2.24) is 15.2 Å². The van der Waals surface area contributed by atoms with Crippen molar-refractivity contribution in [1.29, 1.82) is 0 Å². The van der Waals surface area contributed by atoms with Gasteiger partial charge in [0.25, 0.3) is 5.91 Å². The Kier molecular flexibility index (Phi) is 11.4. The van der Waals surface area contributed by atoms with E-state index in [1.165, 1.54) is 18.2 Å². The molecule has 11 heteroatoms. The Morgan fingerprint density at radius 2 is 1.80 bits per heavy atom. The lowest BCUT2D eigenvalue weighted by Gasteiger charge is -2.33. The molecule has 1 aliphatic carbocycles. The largest absolute Gasteiger partial charge is 0.492 e.